The Morgan fingerprint density at radius 2 is 1.84 bits per heavy atom. The second-order valence-electron chi connectivity index (χ2n) is 6.10. The van der Waals surface area contributed by atoms with Crippen LogP contribution in [0, 0.1) is 0 Å². The lowest BCUT2D eigenvalue weighted by Gasteiger charge is -2.14. The van der Waals surface area contributed by atoms with E-state index in [1.54, 1.807) is 13.2 Å². The van der Waals surface area contributed by atoms with E-state index < -0.39 is 0 Å². The van der Waals surface area contributed by atoms with Crippen LogP contribution in [0.15, 0.2) is 42.5 Å². The molecule has 0 amide bonds. The molecule has 0 bridgehead atoms. The molecule has 1 aliphatic heterocycles. The van der Waals surface area contributed by atoms with E-state index >= 15 is 0 Å². The van der Waals surface area contributed by atoms with Gasteiger partial charge in [-0.25, -0.2) is 0 Å². The van der Waals surface area contributed by atoms with Crippen molar-refractivity contribution in [3.05, 3.63) is 64.7 Å². The summed E-state index contributed by atoms with van der Waals surface area (Å²) in [6.45, 7) is 3.43. The Morgan fingerprint density at radius 3 is 2.48 bits per heavy atom. The molecule has 1 aliphatic rings. The Kier molecular flexibility index (Phi) is 6.04. The van der Waals surface area contributed by atoms with Gasteiger partial charge < -0.3 is 24.1 Å². The summed E-state index contributed by atoms with van der Waals surface area (Å²) in [5.41, 5.74) is 3.94. The summed E-state index contributed by atoms with van der Waals surface area (Å²) in [7, 11) is 1.59. The summed E-state index contributed by atoms with van der Waals surface area (Å²) in [6.07, 6.45) is 0.271. The average molecular weight is 344 g/mol. The number of aromatic hydroxyl groups is 1. The zero-order chi connectivity index (χ0) is 17.6. The Balaban J connectivity index is 1.66. The summed E-state index contributed by atoms with van der Waals surface area (Å²) in [5.74, 6) is 0.275. The van der Waals surface area contributed by atoms with Crippen molar-refractivity contribution in [2.45, 2.75) is 25.7 Å². The van der Waals surface area contributed by atoms with E-state index in [1.807, 2.05) is 43.3 Å². The van der Waals surface area contributed by atoms with Crippen LogP contribution >= 0.6 is 0 Å². The monoisotopic (exact) mass is 344 g/mol. The number of methoxy groups -OCH3 is 1. The summed E-state index contributed by atoms with van der Waals surface area (Å²) in [6, 6.07) is 13.8. The van der Waals surface area contributed by atoms with Crippen molar-refractivity contribution < 1.29 is 24.1 Å². The lowest BCUT2D eigenvalue weighted by atomic mass is 10.00. The fraction of sp³-hybridized carbons (Fsp3) is 0.400. The molecular weight excluding hydrogens is 320 g/mol. The standard InChI is InChI=1S/C20H24O5/c1-14(25-13-22-2)17-7-8-18(19(21)12-17)11-15-3-5-16(6-4-15)20-23-9-10-24-20/h3-8,12,14,20-21H,9-11,13H2,1-2H3. The van der Waals surface area contributed by atoms with Crippen molar-refractivity contribution in [1.29, 1.82) is 0 Å². The molecule has 0 spiro atoms. The van der Waals surface area contributed by atoms with Gasteiger partial charge in [0.15, 0.2) is 6.29 Å². The highest BCUT2D eigenvalue weighted by molar-refractivity contribution is 5.40. The molecule has 25 heavy (non-hydrogen) atoms. The van der Waals surface area contributed by atoms with Gasteiger partial charge in [-0.1, -0.05) is 36.4 Å². The average Bonchev–Trinajstić information content (AvgIpc) is 3.16. The molecule has 1 saturated heterocycles. The van der Waals surface area contributed by atoms with E-state index in [2.05, 4.69) is 0 Å². The predicted molar refractivity (Wildman–Crippen MR) is 93.4 cm³/mol. The molecule has 2 aromatic rings. The highest BCUT2D eigenvalue weighted by Gasteiger charge is 2.18. The van der Waals surface area contributed by atoms with Gasteiger partial charge in [-0.2, -0.15) is 0 Å². The van der Waals surface area contributed by atoms with Gasteiger partial charge in [-0.3, -0.25) is 0 Å². The van der Waals surface area contributed by atoms with Crippen LogP contribution in [-0.4, -0.2) is 32.2 Å². The van der Waals surface area contributed by atoms with Gasteiger partial charge in [0.05, 0.1) is 19.3 Å². The van der Waals surface area contributed by atoms with Gasteiger partial charge in [-0.15, -0.1) is 0 Å². The second-order valence-corrected chi connectivity index (χ2v) is 6.10. The third-order valence-electron chi connectivity index (χ3n) is 4.28. The molecule has 0 aromatic heterocycles. The number of phenolic OH excluding ortho intramolecular Hbond substituents is 1. The van der Waals surface area contributed by atoms with Gasteiger partial charge in [0.1, 0.15) is 12.5 Å². The Hall–Kier alpha value is -1.92. The Morgan fingerprint density at radius 1 is 1.12 bits per heavy atom. The quantitative estimate of drug-likeness (QED) is 0.776. The van der Waals surface area contributed by atoms with Crippen LogP contribution in [-0.2, 0) is 25.4 Å². The molecule has 2 aromatic carbocycles. The molecular formula is C20H24O5. The van der Waals surface area contributed by atoms with Gasteiger partial charge >= 0.3 is 0 Å². The first-order valence-corrected chi connectivity index (χ1v) is 8.41. The van der Waals surface area contributed by atoms with Crippen LogP contribution in [0.4, 0.5) is 0 Å². The van der Waals surface area contributed by atoms with Crippen molar-refractivity contribution in [3.63, 3.8) is 0 Å². The van der Waals surface area contributed by atoms with Crippen molar-refractivity contribution in [2.75, 3.05) is 27.1 Å². The molecule has 1 heterocycles. The molecule has 0 saturated carbocycles. The van der Waals surface area contributed by atoms with Crippen LogP contribution in [0.1, 0.15) is 41.6 Å². The number of hydrogen-bond donors (Lipinski definition) is 1. The zero-order valence-corrected chi connectivity index (χ0v) is 14.6. The third-order valence-corrected chi connectivity index (χ3v) is 4.28. The van der Waals surface area contributed by atoms with Crippen LogP contribution in [0.2, 0.25) is 0 Å². The summed E-state index contributed by atoms with van der Waals surface area (Å²) in [5, 5.41) is 10.3. The number of rotatable bonds is 7. The smallest absolute Gasteiger partial charge is 0.184 e. The van der Waals surface area contributed by atoms with Crippen molar-refractivity contribution in [1.82, 2.24) is 0 Å². The van der Waals surface area contributed by atoms with Crippen LogP contribution in [0.5, 0.6) is 5.75 Å². The van der Waals surface area contributed by atoms with Crippen LogP contribution in [0.3, 0.4) is 0 Å². The molecule has 0 radical (unpaired) electrons. The lowest BCUT2D eigenvalue weighted by molar-refractivity contribution is -0.0667. The summed E-state index contributed by atoms with van der Waals surface area (Å²) in [4.78, 5) is 0. The van der Waals surface area contributed by atoms with Gasteiger partial charge in [0.2, 0.25) is 0 Å². The fourth-order valence-electron chi connectivity index (χ4n) is 2.81. The lowest BCUT2D eigenvalue weighted by Crippen LogP contribution is -2.03. The van der Waals surface area contributed by atoms with Crippen LogP contribution in [0.25, 0.3) is 0 Å². The molecule has 1 fully saturated rings. The number of hydrogen-bond acceptors (Lipinski definition) is 5. The number of ether oxygens (including phenoxy) is 4. The topological polar surface area (TPSA) is 57.2 Å². The van der Waals surface area contributed by atoms with Crippen molar-refractivity contribution in [3.8, 4) is 5.75 Å². The number of phenols is 1. The first kappa shape index (κ1) is 17.9. The van der Waals surface area contributed by atoms with Crippen LogP contribution < -0.4 is 0 Å². The minimum Gasteiger partial charge on any atom is -0.508 e. The highest BCUT2D eigenvalue weighted by Crippen LogP contribution is 2.28. The second kappa shape index (κ2) is 8.45. The molecule has 0 aliphatic carbocycles. The van der Waals surface area contributed by atoms with E-state index in [0.29, 0.717) is 19.6 Å². The third kappa shape index (κ3) is 4.58. The Bertz CT molecular complexity index is 677. The maximum absolute atomic E-state index is 10.3. The largest absolute Gasteiger partial charge is 0.508 e. The van der Waals surface area contributed by atoms with Gasteiger partial charge in [0, 0.05) is 19.1 Å². The van der Waals surface area contributed by atoms with Crippen molar-refractivity contribution >= 4 is 0 Å². The molecule has 5 nitrogen and oxygen atoms in total. The molecule has 1 unspecified atom stereocenters. The molecule has 134 valence electrons. The molecule has 1 atom stereocenters. The molecule has 3 rings (SSSR count). The normalized spacial score (nSPS) is 16.2. The zero-order valence-electron chi connectivity index (χ0n) is 14.6. The van der Waals surface area contributed by atoms with E-state index in [-0.39, 0.29) is 24.9 Å². The summed E-state index contributed by atoms with van der Waals surface area (Å²) < 4.78 is 21.4. The van der Waals surface area contributed by atoms with Gasteiger partial charge in [-0.05, 0) is 29.7 Å². The summed E-state index contributed by atoms with van der Waals surface area (Å²) >= 11 is 0. The Labute approximate surface area is 148 Å². The molecule has 5 heteroatoms. The van der Waals surface area contributed by atoms with Gasteiger partial charge in [0.25, 0.3) is 0 Å². The van der Waals surface area contributed by atoms with E-state index in [9.17, 15) is 5.11 Å². The number of benzene rings is 2. The van der Waals surface area contributed by atoms with Crippen molar-refractivity contribution in [2.24, 2.45) is 0 Å². The van der Waals surface area contributed by atoms with E-state index in [4.69, 9.17) is 18.9 Å². The van der Waals surface area contributed by atoms with E-state index in [1.165, 1.54) is 0 Å². The predicted octanol–water partition coefficient (Wildman–Crippen LogP) is 3.71. The molecule has 1 N–H and O–H groups in total. The van der Waals surface area contributed by atoms with E-state index in [0.717, 1.165) is 22.3 Å². The maximum Gasteiger partial charge on any atom is 0.184 e. The maximum atomic E-state index is 10.3. The first-order chi connectivity index (χ1) is 12.2. The highest BCUT2D eigenvalue weighted by atomic mass is 16.7. The first-order valence-electron chi connectivity index (χ1n) is 8.41. The minimum atomic E-state index is -0.254. The minimum absolute atomic E-state index is 0.134. The fourth-order valence-corrected chi connectivity index (χ4v) is 2.81. The SMILES string of the molecule is COCOC(C)c1ccc(Cc2ccc(C3OCCO3)cc2)c(O)c1.